The van der Waals surface area contributed by atoms with Crippen molar-refractivity contribution in [3.63, 3.8) is 0 Å². The lowest BCUT2D eigenvalue weighted by atomic mass is 9.92. The van der Waals surface area contributed by atoms with Crippen molar-refractivity contribution >= 4 is 11.8 Å². The highest BCUT2D eigenvalue weighted by Gasteiger charge is 2.38. The molecule has 92 valence electrons. The third-order valence-electron chi connectivity index (χ3n) is 4.62. The number of hydrogen-bond acceptors (Lipinski definition) is 3. The number of likely N-dealkylation sites (tertiary alicyclic amines) is 1. The second kappa shape index (κ2) is 4.87. The van der Waals surface area contributed by atoms with E-state index in [0.717, 1.165) is 6.04 Å². The average Bonchev–Trinajstić information content (AvgIpc) is 2.80. The summed E-state index contributed by atoms with van der Waals surface area (Å²) in [5.41, 5.74) is 0. The molecule has 0 unspecified atom stereocenters. The first kappa shape index (κ1) is 11.4. The highest BCUT2D eigenvalue weighted by molar-refractivity contribution is 8.00. The van der Waals surface area contributed by atoms with E-state index in [1.54, 1.807) is 0 Å². The minimum atomic E-state index is 0.477. The molecule has 1 aliphatic carbocycles. The van der Waals surface area contributed by atoms with Crippen LogP contribution in [-0.2, 0) is 0 Å². The van der Waals surface area contributed by atoms with Crippen molar-refractivity contribution < 1.29 is 0 Å². The molecule has 2 nitrogen and oxygen atoms in total. The zero-order valence-electron chi connectivity index (χ0n) is 10.2. The number of nitrogens with zero attached hydrogens (tertiary/aromatic N) is 1. The van der Waals surface area contributed by atoms with Crippen LogP contribution < -0.4 is 5.32 Å². The Balaban J connectivity index is 1.53. The van der Waals surface area contributed by atoms with Crippen molar-refractivity contribution in [1.29, 1.82) is 0 Å². The van der Waals surface area contributed by atoms with Crippen molar-refractivity contribution in [1.82, 2.24) is 10.2 Å². The third kappa shape index (κ3) is 2.27. The van der Waals surface area contributed by atoms with Gasteiger partial charge in [-0.3, -0.25) is 0 Å². The molecule has 0 aromatic carbocycles. The van der Waals surface area contributed by atoms with Gasteiger partial charge in [-0.25, -0.2) is 0 Å². The van der Waals surface area contributed by atoms with E-state index < -0.39 is 0 Å². The van der Waals surface area contributed by atoms with E-state index >= 15 is 0 Å². The van der Waals surface area contributed by atoms with Crippen molar-refractivity contribution in [3.8, 4) is 0 Å². The SMILES string of the molecule is C1CCC(N2CCC3(CC2)NCCS3)CC1. The van der Waals surface area contributed by atoms with E-state index in [0.29, 0.717) is 4.87 Å². The van der Waals surface area contributed by atoms with Gasteiger partial charge in [0.05, 0.1) is 4.87 Å². The van der Waals surface area contributed by atoms with Gasteiger partial charge >= 0.3 is 0 Å². The summed E-state index contributed by atoms with van der Waals surface area (Å²) < 4.78 is 0. The first-order valence-corrected chi connectivity index (χ1v) is 8.00. The molecule has 1 spiro atoms. The molecule has 2 heterocycles. The maximum Gasteiger partial charge on any atom is 0.0670 e. The van der Waals surface area contributed by atoms with Crippen molar-refractivity contribution in [2.45, 2.75) is 55.9 Å². The Bertz CT molecular complexity index is 222. The first-order valence-electron chi connectivity index (χ1n) is 7.01. The van der Waals surface area contributed by atoms with Crippen LogP contribution in [0.5, 0.6) is 0 Å². The van der Waals surface area contributed by atoms with E-state index in [2.05, 4.69) is 22.0 Å². The normalized spacial score (nSPS) is 32.2. The second-order valence-electron chi connectivity index (χ2n) is 5.60. The van der Waals surface area contributed by atoms with Crippen LogP contribution in [0, 0.1) is 0 Å². The Kier molecular flexibility index (Phi) is 3.46. The molecular weight excluding hydrogens is 216 g/mol. The zero-order valence-corrected chi connectivity index (χ0v) is 11.0. The Labute approximate surface area is 104 Å². The molecule has 0 radical (unpaired) electrons. The topological polar surface area (TPSA) is 15.3 Å². The fraction of sp³-hybridized carbons (Fsp3) is 1.00. The summed E-state index contributed by atoms with van der Waals surface area (Å²) in [6, 6.07) is 0.928. The molecule has 0 bridgehead atoms. The summed E-state index contributed by atoms with van der Waals surface area (Å²) in [5, 5.41) is 3.73. The van der Waals surface area contributed by atoms with Crippen LogP contribution in [-0.4, -0.2) is 41.2 Å². The van der Waals surface area contributed by atoms with Crippen molar-refractivity contribution in [2.75, 3.05) is 25.4 Å². The minimum Gasteiger partial charge on any atom is -0.302 e. The van der Waals surface area contributed by atoms with Crippen LogP contribution in [0.15, 0.2) is 0 Å². The average molecular weight is 240 g/mol. The summed E-state index contributed by atoms with van der Waals surface area (Å²) in [6.45, 7) is 3.91. The van der Waals surface area contributed by atoms with Gasteiger partial charge in [-0.15, -0.1) is 11.8 Å². The molecule has 2 saturated heterocycles. The molecule has 0 amide bonds. The van der Waals surface area contributed by atoms with Gasteiger partial charge in [-0.2, -0.15) is 0 Å². The van der Waals surface area contributed by atoms with E-state index in [-0.39, 0.29) is 0 Å². The smallest absolute Gasteiger partial charge is 0.0670 e. The van der Waals surface area contributed by atoms with E-state index in [1.165, 1.54) is 70.3 Å². The summed E-state index contributed by atoms with van der Waals surface area (Å²) in [6.07, 6.45) is 10.1. The monoisotopic (exact) mass is 240 g/mol. The largest absolute Gasteiger partial charge is 0.302 e. The predicted molar refractivity (Wildman–Crippen MR) is 70.9 cm³/mol. The van der Waals surface area contributed by atoms with Crippen LogP contribution >= 0.6 is 11.8 Å². The summed E-state index contributed by atoms with van der Waals surface area (Å²) >= 11 is 2.18. The fourth-order valence-corrected chi connectivity index (χ4v) is 4.86. The third-order valence-corrected chi connectivity index (χ3v) is 6.14. The molecule has 3 fully saturated rings. The van der Waals surface area contributed by atoms with E-state index in [1.807, 2.05) is 0 Å². The van der Waals surface area contributed by atoms with Gasteiger partial charge in [0.15, 0.2) is 0 Å². The summed E-state index contributed by atoms with van der Waals surface area (Å²) in [4.78, 5) is 3.26. The maximum atomic E-state index is 3.73. The van der Waals surface area contributed by atoms with Crippen LogP contribution in [0.3, 0.4) is 0 Å². The molecule has 1 saturated carbocycles. The standard InChI is InChI=1S/C13H24N2S/c1-2-4-12(5-3-1)15-9-6-13(7-10-15)14-8-11-16-13/h12,14H,1-11H2. The van der Waals surface area contributed by atoms with Gasteiger partial charge in [0.2, 0.25) is 0 Å². The maximum absolute atomic E-state index is 3.73. The van der Waals surface area contributed by atoms with Crippen molar-refractivity contribution in [3.05, 3.63) is 0 Å². The molecule has 3 heteroatoms. The predicted octanol–water partition coefficient (Wildman–Crippen LogP) is 2.45. The van der Waals surface area contributed by atoms with E-state index in [9.17, 15) is 0 Å². The zero-order chi connectivity index (χ0) is 10.8. The van der Waals surface area contributed by atoms with Crippen LogP contribution in [0.25, 0.3) is 0 Å². The molecule has 2 aliphatic heterocycles. The number of thioether (sulfide) groups is 1. The molecular formula is C13H24N2S. The number of piperidine rings is 1. The van der Waals surface area contributed by atoms with Gasteiger partial charge in [0, 0.05) is 31.4 Å². The lowest BCUT2D eigenvalue weighted by Crippen LogP contribution is -2.51. The van der Waals surface area contributed by atoms with E-state index in [4.69, 9.17) is 0 Å². The first-order chi connectivity index (χ1) is 7.88. The quantitative estimate of drug-likeness (QED) is 0.758. The minimum absolute atomic E-state index is 0.477. The van der Waals surface area contributed by atoms with Gasteiger partial charge in [0.25, 0.3) is 0 Å². The Hall–Kier alpha value is 0.270. The van der Waals surface area contributed by atoms with Gasteiger partial charge < -0.3 is 10.2 Å². The number of nitrogens with one attached hydrogen (secondary N) is 1. The lowest BCUT2D eigenvalue weighted by Gasteiger charge is -2.43. The molecule has 0 aromatic heterocycles. The van der Waals surface area contributed by atoms with Crippen LogP contribution in [0.1, 0.15) is 44.9 Å². The Morgan fingerprint density at radius 2 is 1.81 bits per heavy atom. The van der Waals surface area contributed by atoms with Gasteiger partial charge in [-0.05, 0) is 25.7 Å². The highest BCUT2D eigenvalue weighted by atomic mass is 32.2. The number of rotatable bonds is 1. The number of hydrogen-bond donors (Lipinski definition) is 1. The Morgan fingerprint density at radius 3 is 2.44 bits per heavy atom. The molecule has 3 aliphatic rings. The Morgan fingerprint density at radius 1 is 1.06 bits per heavy atom. The molecule has 1 N–H and O–H groups in total. The van der Waals surface area contributed by atoms with Gasteiger partial charge in [0.1, 0.15) is 0 Å². The summed E-state index contributed by atoms with van der Waals surface area (Å²) in [5.74, 6) is 1.32. The molecule has 0 atom stereocenters. The summed E-state index contributed by atoms with van der Waals surface area (Å²) in [7, 11) is 0. The molecule has 0 aromatic rings. The van der Waals surface area contributed by atoms with Crippen molar-refractivity contribution in [2.24, 2.45) is 0 Å². The molecule has 3 rings (SSSR count). The highest BCUT2D eigenvalue weighted by Crippen LogP contribution is 2.38. The fourth-order valence-electron chi connectivity index (χ4n) is 3.59. The molecule has 16 heavy (non-hydrogen) atoms. The van der Waals surface area contributed by atoms with Gasteiger partial charge in [-0.1, -0.05) is 19.3 Å². The second-order valence-corrected chi connectivity index (χ2v) is 7.08. The van der Waals surface area contributed by atoms with Crippen LogP contribution in [0.4, 0.5) is 0 Å². The van der Waals surface area contributed by atoms with Crippen LogP contribution in [0.2, 0.25) is 0 Å². The lowest BCUT2D eigenvalue weighted by molar-refractivity contribution is 0.110.